The van der Waals surface area contributed by atoms with Crippen LogP contribution in [0.15, 0.2) is 24.3 Å². The lowest BCUT2D eigenvalue weighted by Gasteiger charge is -2.21. The number of halogens is 5. The second-order valence-corrected chi connectivity index (χ2v) is 4.39. The van der Waals surface area contributed by atoms with Gasteiger partial charge in [-0.05, 0) is 25.5 Å². The summed E-state index contributed by atoms with van der Waals surface area (Å²) in [5.41, 5.74) is 11.5. The maximum Gasteiger partial charge on any atom is 0.461 e. The Hall–Kier alpha value is -1.05. The Balaban J connectivity index is 0.00000400. The van der Waals surface area contributed by atoms with Gasteiger partial charge in [-0.15, -0.1) is 12.4 Å². The van der Waals surface area contributed by atoms with E-state index in [2.05, 4.69) is 4.74 Å². The van der Waals surface area contributed by atoms with Gasteiger partial charge in [0.05, 0.1) is 0 Å². The molecular weight excluding hydrogens is 312 g/mol. The van der Waals surface area contributed by atoms with Crippen molar-refractivity contribution in [2.75, 3.05) is 6.54 Å². The van der Waals surface area contributed by atoms with Crippen molar-refractivity contribution in [3.05, 3.63) is 29.8 Å². The number of rotatable bonds is 8. The average molecular weight is 331 g/mol. The quantitative estimate of drug-likeness (QED) is 0.566. The van der Waals surface area contributed by atoms with E-state index in [4.69, 9.17) is 11.5 Å². The van der Waals surface area contributed by atoms with Gasteiger partial charge in [0, 0.05) is 11.6 Å². The normalized spacial score (nSPS) is 12.9. The Labute approximate surface area is 127 Å². The summed E-state index contributed by atoms with van der Waals surface area (Å²) in [5.74, 6) is -0.321. The molecule has 0 aliphatic rings. The molecule has 0 aromatic heterocycles. The van der Waals surface area contributed by atoms with Gasteiger partial charge in [-0.25, -0.2) is 0 Å². The molecule has 8 heteroatoms. The maximum absolute atomic E-state index is 13.0. The minimum Gasteiger partial charge on any atom is -0.428 e. The third-order valence-electron chi connectivity index (χ3n) is 2.79. The van der Waals surface area contributed by atoms with Crippen LogP contribution in [-0.4, -0.2) is 19.1 Å². The van der Waals surface area contributed by atoms with Gasteiger partial charge in [-0.1, -0.05) is 24.6 Å². The Bertz CT molecular complexity index is 421. The number of unbranched alkanes of at least 4 members (excludes halogenated alkanes) is 1. The fourth-order valence-electron chi connectivity index (χ4n) is 1.74. The Morgan fingerprint density at radius 3 is 2.33 bits per heavy atom. The summed E-state index contributed by atoms with van der Waals surface area (Å²) in [5, 5.41) is 0. The number of hydrogen-bond donors (Lipinski definition) is 2. The van der Waals surface area contributed by atoms with Crippen LogP contribution in [0.3, 0.4) is 0 Å². The molecule has 0 bridgehead atoms. The third-order valence-corrected chi connectivity index (χ3v) is 2.79. The molecule has 0 saturated heterocycles. The molecule has 0 spiro atoms. The first-order chi connectivity index (χ1) is 9.38. The Morgan fingerprint density at radius 2 is 1.76 bits per heavy atom. The molecule has 1 atom stereocenters. The standard InChI is InChI=1S/C13H18F4N2O.ClH/c14-12(15)13(16,17)20-11-7-2-1-5-9(11)10(19)6-3-4-8-18;/h1-2,5,7,10,12H,3-4,6,8,18-19H2;1H/t10-;/m1./s1. The number of para-hydroxylation sites is 1. The van der Waals surface area contributed by atoms with Crippen LogP contribution >= 0.6 is 12.4 Å². The van der Waals surface area contributed by atoms with E-state index in [1.165, 1.54) is 18.2 Å². The molecule has 0 fully saturated rings. The number of nitrogens with two attached hydrogens (primary N) is 2. The predicted molar refractivity (Wildman–Crippen MR) is 75.1 cm³/mol. The molecule has 1 rings (SSSR count). The van der Waals surface area contributed by atoms with E-state index in [0.29, 0.717) is 13.0 Å². The molecule has 0 aliphatic carbocycles. The highest BCUT2D eigenvalue weighted by atomic mass is 35.5. The maximum atomic E-state index is 13.0. The van der Waals surface area contributed by atoms with Gasteiger partial charge in [0.2, 0.25) is 0 Å². The minimum atomic E-state index is -4.53. The molecular formula is C13H19ClF4N2O. The topological polar surface area (TPSA) is 61.3 Å². The highest BCUT2D eigenvalue weighted by molar-refractivity contribution is 5.85. The van der Waals surface area contributed by atoms with E-state index < -0.39 is 18.6 Å². The van der Waals surface area contributed by atoms with Crippen LogP contribution in [0, 0.1) is 0 Å². The molecule has 21 heavy (non-hydrogen) atoms. The van der Waals surface area contributed by atoms with E-state index in [0.717, 1.165) is 12.8 Å². The summed E-state index contributed by atoms with van der Waals surface area (Å²) >= 11 is 0. The summed E-state index contributed by atoms with van der Waals surface area (Å²) in [6, 6.07) is 5.14. The molecule has 0 unspecified atom stereocenters. The van der Waals surface area contributed by atoms with Crippen molar-refractivity contribution >= 4 is 12.4 Å². The fraction of sp³-hybridized carbons (Fsp3) is 0.538. The number of alkyl halides is 4. The van der Waals surface area contributed by atoms with Crippen LogP contribution in [0.5, 0.6) is 5.75 Å². The first kappa shape index (κ1) is 19.9. The zero-order chi connectivity index (χ0) is 15.2. The highest BCUT2D eigenvalue weighted by Gasteiger charge is 2.44. The highest BCUT2D eigenvalue weighted by Crippen LogP contribution is 2.33. The number of benzene rings is 1. The van der Waals surface area contributed by atoms with Crippen LogP contribution in [-0.2, 0) is 0 Å². The van der Waals surface area contributed by atoms with E-state index in [1.54, 1.807) is 6.07 Å². The summed E-state index contributed by atoms with van der Waals surface area (Å²) < 4.78 is 54.4. The molecule has 0 heterocycles. The fourth-order valence-corrected chi connectivity index (χ4v) is 1.74. The van der Waals surface area contributed by atoms with Crippen LogP contribution in [0.4, 0.5) is 17.6 Å². The van der Waals surface area contributed by atoms with Gasteiger partial charge < -0.3 is 16.2 Å². The average Bonchev–Trinajstić information content (AvgIpc) is 2.39. The molecule has 0 saturated carbocycles. The lowest BCUT2D eigenvalue weighted by Crippen LogP contribution is -2.34. The van der Waals surface area contributed by atoms with E-state index >= 15 is 0 Å². The first-order valence-electron chi connectivity index (χ1n) is 6.28. The summed E-state index contributed by atoms with van der Waals surface area (Å²) in [7, 11) is 0. The zero-order valence-electron chi connectivity index (χ0n) is 11.3. The number of hydrogen-bond acceptors (Lipinski definition) is 3. The van der Waals surface area contributed by atoms with Gasteiger partial charge in [-0.3, -0.25) is 0 Å². The third kappa shape index (κ3) is 6.07. The van der Waals surface area contributed by atoms with Crippen molar-refractivity contribution in [2.45, 2.75) is 37.8 Å². The second-order valence-electron chi connectivity index (χ2n) is 4.39. The first-order valence-corrected chi connectivity index (χ1v) is 6.28. The van der Waals surface area contributed by atoms with Crippen molar-refractivity contribution in [1.29, 1.82) is 0 Å². The molecule has 0 radical (unpaired) electrons. The Kier molecular flexibility index (Phi) is 8.61. The molecule has 0 aliphatic heterocycles. The second kappa shape index (κ2) is 9.07. The van der Waals surface area contributed by atoms with Gasteiger partial charge >= 0.3 is 12.5 Å². The van der Waals surface area contributed by atoms with Crippen molar-refractivity contribution in [2.24, 2.45) is 11.5 Å². The van der Waals surface area contributed by atoms with Crippen molar-refractivity contribution in [3.8, 4) is 5.75 Å². The van der Waals surface area contributed by atoms with Gasteiger partial charge in [0.15, 0.2) is 0 Å². The van der Waals surface area contributed by atoms with Gasteiger partial charge in [0.25, 0.3) is 0 Å². The van der Waals surface area contributed by atoms with E-state index in [1.807, 2.05) is 0 Å². The summed E-state index contributed by atoms with van der Waals surface area (Å²) in [6.07, 6.45) is -6.45. The lowest BCUT2D eigenvalue weighted by atomic mass is 10.0. The molecule has 3 nitrogen and oxygen atoms in total. The van der Waals surface area contributed by atoms with Crippen LogP contribution in [0.25, 0.3) is 0 Å². The predicted octanol–water partition coefficient (Wildman–Crippen LogP) is 3.47. The van der Waals surface area contributed by atoms with Gasteiger partial charge in [0.1, 0.15) is 5.75 Å². The molecule has 4 N–H and O–H groups in total. The monoisotopic (exact) mass is 330 g/mol. The zero-order valence-corrected chi connectivity index (χ0v) is 12.1. The molecule has 0 amide bonds. The van der Waals surface area contributed by atoms with Crippen molar-refractivity contribution < 1.29 is 22.3 Å². The minimum absolute atomic E-state index is 0. The smallest absolute Gasteiger partial charge is 0.428 e. The SMILES string of the molecule is Cl.NCCCC[C@@H](N)c1ccccc1OC(F)(F)C(F)F. The van der Waals surface area contributed by atoms with Crippen molar-refractivity contribution in [3.63, 3.8) is 0 Å². The van der Waals surface area contributed by atoms with Crippen LogP contribution in [0.2, 0.25) is 0 Å². The van der Waals surface area contributed by atoms with Crippen molar-refractivity contribution in [1.82, 2.24) is 0 Å². The summed E-state index contributed by atoms with van der Waals surface area (Å²) in [4.78, 5) is 0. The molecule has 122 valence electrons. The molecule has 1 aromatic rings. The van der Waals surface area contributed by atoms with Crippen LogP contribution in [0.1, 0.15) is 30.9 Å². The largest absolute Gasteiger partial charge is 0.461 e. The number of ether oxygens (including phenoxy) is 1. The van der Waals surface area contributed by atoms with Gasteiger partial charge in [-0.2, -0.15) is 17.6 Å². The van der Waals surface area contributed by atoms with E-state index in [-0.39, 0.29) is 23.7 Å². The Morgan fingerprint density at radius 1 is 1.14 bits per heavy atom. The van der Waals surface area contributed by atoms with Crippen LogP contribution < -0.4 is 16.2 Å². The van der Waals surface area contributed by atoms with E-state index in [9.17, 15) is 17.6 Å². The summed E-state index contributed by atoms with van der Waals surface area (Å²) in [6.45, 7) is 0.508. The lowest BCUT2D eigenvalue weighted by molar-refractivity contribution is -0.253. The molecule has 1 aromatic carbocycles.